The van der Waals surface area contributed by atoms with Gasteiger partial charge in [0.1, 0.15) is 11.4 Å². The van der Waals surface area contributed by atoms with E-state index in [0.717, 1.165) is 61.5 Å². The number of nitrogens with one attached hydrogen (secondary N) is 1. The van der Waals surface area contributed by atoms with E-state index in [9.17, 15) is 4.79 Å². The molecule has 0 spiro atoms. The number of nitrogens with zero attached hydrogens (tertiary/aromatic N) is 5. The van der Waals surface area contributed by atoms with Crippen molar-refractivity contribution < 1.29 is 9.47 Å². The zero-order valence-corrected chi connectivity index (χ0v) is 24.2. The molecule has 41 heavy (non-hydrogen) atoms. The topological polar surface area (TPSA) is 84.7 Å². The lowest BCUT2D eigenvalue weighted by Gasteiger charge is -2.35. The molecule has 0 saturated carbocycles. The molecule has 4 heterocycles. The Balaban J connectivity index is 1.36. The van der Waals surface area contributed by atoms with E-state index in [1.165, 1.54) is 0 Å². The summed E-state index contributed by atoms with van der Waals surface area (Å²) < 4.78 is 13.6. The maximum atomic E-state index is 13.9. The Morgan fingerprint density at radius 3 is 2.68 bits per heavy atom. The van der Waals surface area contributed by atoms with E-state index in [2.05, 4.69) is 33.2 Å². The van der Waals surface area contributed by atoms with Gasteiger partial charge in [-0.15, -0.1) is 0 Å². The first kappa shape index (κ1) is 27.5. The molecule has 0 amide bonds. The van der Waals surface area contributed by atoms with Gasteiger partial charge in [-0.3, -0.25) is 9.36 Å². The van der Waals surface area contributed by atoms with Crippen molar-refractivity contribution >= 4 is 40.0 Å². The summed E-state index contributed by atoms with van der Waals surface area (Å²) in [5.74, 6) is 1.22. The lowest BCUT2D eigenvalue weighted by molar-refractivity contribution is 0.0971. The van der Waals surface area contributed by atoms with Gasteiger partial charge in [-0.2, -0.15) is 4.98 Å². The van der Waals surface area contributed by atoms with Crippen LogP contribution in [0.15, 0.2) is 59.5 Å². The van der Waals surface area contributed by atoms with Crippen LogP contribution >= 0.6 is 11.6 Å². The molecule has 1 atom stereocenters. The lowest BCUT2D eigenvalue weighted by Crippen LogP contribution is -2.44. The molecule has 2 fully saturated rings. The highest BCUT2D eigenvalue weighted by Gasteiger charge is 2.22. The van der Waals surface area contributed by atoms with E-state index in [4.69, 9.17) is 26.1 Å². The Kier molecular flexibility index (Phi) is 8.09. The van der Waals surface area contributed by atoms with Crippen LogP contribution in [-0.4, -0.2) is 72.0 Å². The van der Waals surface area contributed by atoms with Crippen LogP contribution in [0.25, 0.3) is 22.2 Å². The Morgan fingerprint density at radius 1 is 1.10 bits per heavy atom. The molecule has 2 aromatic heterocycles. The second-order valence-electron chi connectivity index (χ2n) is 10.6. The van der Waals surface area contributed by atoms with Gasteiger partial charge in [0, 0.05) is 72.3 Å². The average Bonchev–Trinajstić information content (AvgIpc) is 3.49. The van der Waals surface area contributed by atoms with Gasteiger partial charge in [0.2, 0.25) is 5.95 Å². The largest absolute Gasteiger partial charge is 0.492 e. The maximum Gasteiger partial charge on any atom is 0.260 e. The van der Waals surface area contributed by atoms with Crippen LogP contribution in [0, 0.1) is 0 Å². The van der Waals surface area contributed by atoms with Crippen molar-refractivity contribution in [3.63, 3.8) is 0 Å². The molecule has 0 unspecified atom stereocenters. The van der Waals surface area contributed by atoms with E-state index < -0.39 is 0 Å². The molecule has 0 bridgehead atoms. The summed E-state index contributed by atoms with van der Waals surface area (Å²) in [6.45, 7) is 7.62. The van der Waals surface area contributed by atoms with Crippen LogP contribution in [0.1, 0.15) is 19.8 Å². The normalized spacial score (nSPS) is 17.7. The molecular formula is C31H35ClN6O3. The molecule has 2 aliphatic rings. The number of likely N-dealkylation sites (N-methyl/N-ethyl adjacent to an activating group) is 1. The minimum absolute atomic E-state index is 0.0420. The monoisotopic (exact) mass is 574 g/mol. The highest BCUT2D eigenvalue weighted by molar-refractivity contribution is 6.33. The third-order valence-corrected chi connectivity index (χ3v) is 8.09. The first-order valence-corrected chi connectivity index (χ1v) is 14.6. The van der Waals surface area contributed by atoms with Crippen LogP contribution in [0.5, 0.6) is 5.75 Å². The van der Waals surface area contributed by atoms with Crippen LogP contribution in [0.3, 0.4) is 0 Å². The molecule has 10 heteroatoms. The smallest absolute Gasteiger partial charge is 0.260 e. The lowest BCUT2D eigenvalue weighted by atomic mass is 10.1. The third-order valence-electron chi connectivity index (χ3n) is 7.76. The Hall–Kier alpha value is -3.66. The van der Waals surface area contributed by atoms with Gasteiger partial charge in [0.15, 0.2) is 0 Å². The number of pyridine rings is 1. The van der Waals surface area contributed by atoms with Gasteiger partial charge in [0.05, 0.1) is 24.9 Å². The molecule has 6 rings (SSSR count). The number of halogens is 1. The number of ether oxygens (including phenoxy) is 2. The quantitative estimate of drug-likeness (QED) is 0.308. The zero-order chi connectivity index (χ0) is 28.3. The summed E-state index contributed by atoms with van der Waals surface area (Å²) in [6, 6.07) is 15.3. The van der Waals surface area contributed by atoms with Crippen molar-refractivity contribution in [3.8, 4) is 16.9 Å². The molecule has 2 aromatic carbocycles. The summed E-state index contributed by atoms with van der Waals surface area (Å²) in [4.78, 5) is 28.0. The van der Waals surface area contributed by atoms with Gasteiger partial charge >= 0.3 is 0 Å². The standard InChI is InChI=1S/C31H35ClN6O3/c1-3-40-28-18-22(10-11-27(28)37-14-12-36(2)13-15-37)34-31-33-19-21-17-25(24-8-4-5-9-26(24)32)30(39)38(29(21)35-31)20-23-7-6-16-41-23/h4-5,8-11,17-19,23H,3,6-7,12-16,20H2,1-2H3,(H,33,34,35)/t23-/m1/s1. The summed E-state index contributed by atoms with van der Waals surface area (Å²) in [5, 5.41) is 4.61. The number of fused-ring (bicyclic) bond motifs is 1. The van der Waals surface area contributed by atoms with E-state index in [1.54, 1.807) is 16.8 Å². The van der Waals surface area contributed by atoms with Crippen molar-refractivity contribution in [1.82, 2.24) is 19.4 Å². The first-order chi connectivity index (χ1) is 20.0. The summed E-state index contributed by atoms with van der Waals surface area (Å²) in [6.07, 6.45) is 3.59. The third kappa shape index (κ3) is 5.88. The number of piperazine rings is 1. The van der Waals surface area contributed by atoms with Crippen LogP contribution < -0.4 is 20.5 Å². The molecule has 4 aromatic rings. The second kappa shape index (κ2) is 12.1. The van der Waals surface area contributed by atoms with Gasteiger partial charge in [-0.1, -0.05) is 29.8 Å². The Bertz CT molecular complexity index is 1600. The highest BCUT2D eigenvalue weighted by atomic mass is 35.5. The predicted octanol–water partition coefficient (Wildman–Crippen LogP) is 5.19. The maximum absolute atomic E-state index is 13.9. The summed E-state index contributed by atoms with van der Waals surface area (Å²) in [7, 11) is 2.15. The van der Waals surface area contributed by atoms with Crippen molar-refractivity contribution in [2.75, 3.05) is 56.7 Å². The molecule has 2 aliphatic heterocycles. The summed E-state index contributed by atoms with van der Waals surface area (Å²) >= 11 is 6.49. The fraction of sp³-hybridized carbons (Fsp3) is 0.387. The average molecular weight is 575 g/mol. The minimum atomic E-state index is -0.152. The Morgan fingerprint density at radius 2 is 1.93 bits per heavy atom. The van der Waals surface area contributed by atoms with Crippen LogP contribution in [0.4, 0.5) is 17.3 Å². The highest BCUT2D eigenvalue weighted by Crippen LogP contribution is 2.33. The summed E-state index contributed by atoms with van der Waals surface area (Å²) in [5.41, 5.74) is 3.51. The van der Waals surface area contributed by atoms with Crippen molar-refractivity contribution in [3.05, 3.63) is 70.1 Å². The van der Waals surface area contributed by atoms with Crippen LogP contribution in [0.2, 0.25) is 5.02 Å². The Labute approximate surface area is 244 Å². The van der Waals surface area contributed by atoms with E-state index >= 15 is 0 Å². The van der Waals surface area contributed by atoms with Gasteiger partial charge in [-0.25, -0.2) is 4.98 Å². The van der Waals surface area contributed by atoms with Crippen molar-refractivity contribution in [2.45, 2.75) is 32.4 Å². The molecule has 0 radical (unpaired) electrons. The predicted molar refractivity (Wildman–Crippen MR) is 164 cm³/mol. The fourth-order valence-electron chi connectivity index (χ4n) is 5.55. The van der Waals surface area contributed by atoms with E-state index in [-0.39, 0.29) is 11.7 Å². The molecule has 214 valence electrons. The van der Waals surface area contributed by atoms with Crippen LogP contribution in [-0.2, 0) is 11.3 Å². The van der Waals surface area contributed by atoms with Gasteiger partial charge in [0.25, 0.3) is 5.56 Å². The van der Waals surface area contributed by atoms with Crippen molar-refractivity contribution in [1.29, 1.82) is 0 Å². The van der Waals surface area contributed by atoms with Crippen molar-refractivity contribution in [2.24, 2.45) is 0 Å². The van der Waals surface area contributed by atoms with E-state index in [1.807, 2.05) is 43.3 Å². The number of anilines is 3. The number of benzene rings is 2. The van der Waals surface area contributed by atoms with Gasteiger partial charge < -0.3 is 24.6 Å². The fourth-order valence-corrected chi connectivity index (χ4v) is 5.79. The minimum Gasteiger partial charge on any atom is -0.492 e. The zero-order valence-electron chi connectivity index (χ0n) is 23.5. The second-order valence-corrected chi connectivity index (χ2v) is 11.0. The van der Waals surface area contributed by atoms with Gasteiger partial charge in [-0.05, 0) is 51.1 Å². The number of rotatable bonds is 8. The van der Waals surface area contributed by atoms with E-state index in [0.29, 0.717) is 47.5 Å². The molecule has 9 nitrogen and oxygen atoms in total. The SMILES string of the molecule is CCOc1cc(Nc2ncc3cc(-c4ccccc4Cl)c(=O)n(C[C@H]4CCCO4)c3n2)ccc1N1CCN(C)CC1. The molecule has 0 aliphatic carbocycles. The number of hydrogen-bond acceptors (Lipinski definition) is 8. The first-order valence-electron chi connectivity index (χ1n) is 14.2. The number of aromatic nitrogens is 3. The molecular weight excluding hydrogens is 540 g/mol. The molecule has 2 saturated heterocycles. The number of hydrogen-bond donors (Lipinski definition) is 1. The molecule has 1 N–H and O–H groups in total.